The quantitative estimate of drug-likeness (QED) is 0.835. The third kappa shape index (κ3) is 3.77. The van der Waals surface area contributed by atoms with E-state index in [1.165, 1.54) is 0 Å². The van der Waals surface area contributed by atoms with Crippen LogP contribution in [0.4, 0.5) is 5.82 Å². The van der Waals surface area contributed by atoms with Crippen molar-refractivity contribution in [2.75, 3.05) is 37.6 Å². The predicted molar refractivity (Wildman–Crippen MR) is 79.3 cm³/mol. The summed E-state index contributed by atoms with van der Waals surface area (Å²) in [6, 6.07) is 1.87. The summed E-state index contributed by atoms with van der Waals surface area (Å²) in [6.07, 6.45) is 2.45. The van der Waals surface area contributed by atoms with Crippen LogP contribution in [0.25, 0.3) is 0 Å². The molecule has 0 radical (unpaired) electrons. The number of piperazine rings is 1. The highest BCUT2D eigenvalue weighted by molar-refractivity contribution is 5.75. The normalized spacial score (nSPS) is 17.3. The number of rotatable bonds is 4. The number of aliphatic hydroxyl groups is 1. The average Bonchev–Trinajstić information content (AvgIpc) is 2.38. The van der Waals surface area contributed by atoms with Crippen LogP contribution in [0, 0.1) is 6.92 Å². The lowest BCUT2D eigenvalue weighted by atomic mass is 10.1. The number of carbonyl (C=O) groups excluding carboxylic acids is 1. The molecule has 1 aliphatic rings. The van der Waals surface area contributed by atoms with Gasteiger partial charge in [0.1, 0.15) is 5.82 Å². The van der Waals surface area contributed by atoms with Gasteiger partial charge in [0, 0.05) is 44.5 Å². The van der Waals surface area contributed by atoms with Gasteiger partial charge in [0.15, 0.2) is 6.29 Å². The van der Waals surface area contributed by atoms with Gasteiger partial charge in [0.2, 0.25) is 0 Å². The molecular formula is C15H23N3O2. The van der Waals surface area contributed by atoms with Crippen LogP contribution in [-0.4, -0.2) is 59.6 Å². The minimum atomic E-state index is -0.651. The summed E-state index contributed by atoms with van der Waals surface area (Å²) in [7, 11) is 0. The number of β-amino-alcohol motifs (C(OH)–C–C–N with tert-alkyl or cyclic N) is 1. The molecule has 0 bridgehead atoms. The van der Waals surface area contributed by atoms with Crippen LogP contribution in [0.1, 0.15) is 29.8 Å². The fraction of sp³-hybridized carbons (Fsp3) is 0.600. The summed E-state index contributed by atoms with van der Waals surface area (Å²) in [4.78, 5) is 19.6. The van der Waals surface area contributed by atoms with Crippen LogP contribution in [0.3, 0.4) is 0 Å². The maximum atomic E-state index is 10.7. The number of aldehydes is 1. The van der Waals surface area contributed by atoms with Crippen molar-refractivity contribution in [3.8, 4) is 0 Å². The molecule has 1 fully saturated rings. The first-order valence-electron chi connectivity index (χ1n) is 7.00. The van der Waals surface area contributed by atoms with Gasteiger partial charge in [-0.05, 0) is 32.4 Å². The smallest absolute Gasteiger partial charge is 0.151 e. The van der Waals surface area contributed by atoms with Gasteiger partial charge in [-0.1, -0.05) is 0 Å². The molecule has 1 saturated heterocycles. The van der Waals surface area contributed by atoms with Crippen LogP contribution >= 0.6 is 0 Å². The Labute approximate surface area is 120 Å². The number of hydrogen-bond acceptors (Lipinski definition) is 5. The van der Waals surface area contributed by atoms with E-state index in [9.17, 15) is 9.90 Å². The Morgan fingerprint density at radius 1 is 1.35 bits per heavy atom. The standard InChI is InChI=1S/C15H23N3O2/c1-12-8-13(10-19)9-16-14(12)18-6-4-17(5-7-18)11-15(2,3)20/h8-10,20H,4-7,11H2,1-3H3. The van der Waals surface area contributed by atoms with E-state index in [-0.39, 0.29) is 0 Å². The Kier molecular flexibility index (Phi) is 4.40. The Balaban J connectivity index is 1.98. The number of aryl methyl sites for hydroxylation is 1. The van der Waals surface area contributed by atoms with Crippen LogP contribution in [0.5, 0.6) is 0 Å². The van der Waals surface area contributed by atoms with E-state index in [4.69, 9.17) is 0 Å². The molecule has 5 heteroatoms. The van der Waals surface area contributed by atoms with Crippen molar-refractivity contribution in [2.45, 2.75) is 26.4 Å². The molecule has 1 aromatic rings. The van der Waals surface area contributed by atoms with Crippen molar-refractivity contribution in [1.82, 2.24) is 9.88 Å². The molecule has 2 heterocycles. The summed E-state index contributed by atoms with van der Waals surface area (Å²) in [6.45, 7) is 9.97. The van der Waals surface area contributed by atoms with Gasteiger partial charge in [0.05, 0.1) is 5.60 Å². The molecule has 0 saturated carbocycles. The van der Waals surface area contributed by atoms with E-state index in [1.807, 2.05) is 26.8 Å². The van der Waals surface area contributed by atoms with E-state index in [1.54, 1.807) is 6.20 Å². The summed E-state index contributed by atoms with van der Waals surface area (Å²) in [5.41, 5.74) is 1.000. The third-order valence-corrected chi connectivity index (χ3v) is 3.49. The van der Waals surface area contributed by atoms with Crippen molar-refractivity contribution < 1.29 is 9.90 Å². The average molecular weight is 277 g/mol. The van der Waals surface area contributed by atoms with E-state index >= 15 is 0 Å². The molecular weight excluding hydrogens is 254 g/mol. The molecule has 0 aromatic carbocycles. The SMILES string of the molecule is Cc1cc(C=O)cnc1N1CCN(CC(C)(C)O)CC1. The second-order valence-electron chi connectivity index (χ2n) is 6.10. The first-order valence-corrected chi connectivity index (χ1v) is 7.00. The minimum absolute atomic E-state index is 0.618. The second-order valence-corrected chi connectivity index (χ2v) is 6.10. The lowest BCUT2D eigenvalue weighted by Gasteiger charge is -2.38. The highest BCUT2D eigenvalue weighted by Crippen LogP contribution is 2.19. The maximum Gasteiger partial charge on any atom is 0.151 e. The zero-order valence-corrected chi connectivity index (χ0v) is 12.5. The number of carbonyl (C=O) groups is 1. The van der Waals surface area contributed by atoms with E-state index in [0.29, 0.717) is 12.1 Å². The molecule has 110 valence electrons. The van der Waals surface area contributed by atoms with Gasteiger partial charge in [0.25, 0.3) is 0 Å². The van der Waals surface area contributed by atoms with E-state index in [0.717, 1.165) is 43.8 Å². The van der Waals surface area contributed by atoms with Gasteiger partial charge in [-0.25, -0.2) is 4.98 Å². The van der Waals surface area contributed by atoms with Gasteiger partial charge in [-0.3, -0.25) is 9.69 Å². The molecule has 0 aliphatic carbocycles. The van der Waals surface area contributed by atoms with Crippen molar-refractivity contribution in [1.29, 1.82) is 0 Å². The van der Waals surface area contributed by atoms with Gasteiger partial charge in [-0.2, -0.15) is 0 Å². The first-order chi connectivity index (χ1) is 9.39. The number of aromatic nitrogens is 1. The van der Waals surface area contributed by atoms with Crippen LogP contribution in [0.2, 0.25) is 0 Å². The summed E-state index contributed by atoms with van der Waals surface area (Å²) < 4.78 is 0. The Morgan fingerprint density at radius 3 is 2.50 bits per heavy atom. The topological polar surface area (TPSA) is 56.7 Å². The Bertz CT molecular complexity index is 474. The van der Waals surface area contributed by atoms with Gasteiger partial charge >= 0.3 is 0 Å². The minimum Gasteiger partial charge on any atom is -0.389 e. The number of anilines is 1. The highest BCUT2D eigenvalue weighted by Gasteiger charge is 2.23. The van der Waals surface area contributed by atoms with Crippen LogP contribution in [0.15, 0.2) is 12.3 Å². The molecule has 1 aromatic heterocycles. The Morgan fingerprint density at radius 2 is 2.00 bits per heavy atom. The van der Waals surface area contributed by atoms with Crippen molar-refractivity contribution in [3.63, 3.8) is 0 Å². The van der Waals surface area contributed by atoms with E-state index < -0.39 is 5.60 Å². The van der Waals surface area contributed by atoms with Gasteiger partial charge < -0.3 is 10.0 Å². The largest absolute Gasteiger partial charge is 0.389 e. The molecule has 0 amide bonds. The van der Waals surface area contributed by atoms with Crippen molar-refractivity contribution in [2.24, 2.45) is 0 Å². The molecule has 2 rings (SSSR count). The zero-order valence-electron chi connectivity index (χ0n) is 12.5. The molecule has 1 aliphatic heterocycles. The molecule has 5 nitrogen and oxygen atoms in total. The van der Waals surface area contributed by atoms with E-state index in [2.05, 4.69) is 14.8 Å². The van der Waals surface area contributed by atoms with Crippen LogP contribution in [-0.2, 0) is 0 Å². The lowest BCUT2D eigenvalue weighted by Crippen LogP contribution is -2.50. The zero-order chi connectivity index (χ0) is 14.8. The van der Waals surface area contributed by atoms with Crippen molar-refractivity contribution >= 4 is 12.1 Å². The monoisotopic (exact) mass is 277 g/mol. The van der Waals surface area contributed by atoms with Crippen LogP contribution < -0.4 is 4.90 Å². The predicted octanol–water partition coefficient (Wildman–Crippen LogP) is 1.10. The summed E-state index contributed by atoms with van der Waals surface area (Å²) >= 11 is 0. The van der Waals surface area contributed by atoms with Crippen molar-refractivity contribution in [3.05, 3.63) is 23.4 Å². The molecule has 0 atom stereocenters. The maximum absolute atomic E-state index is 10.7. The first kappa shape index (κ1) is 14.9. The Hall–Kier alpha value is -1.46. The molecule has 0 unspecified atom stereocenters. The summed E-state index contributed by atoms with van der Waals surface area (Å²) in [5.74, 6) is 0.957. The fourth-order valence-electron chi connectivity index (χ4n) is 2.65. The molecule has 20 heavy (non-hydrogen) atoms. The number of nitrogens with zero attached hydrogens (tertiary/aromatic N) is 3. The molecule has 1 N–H and O–H groups in total. The number of hydrogen-bond donors (Lipinski definition) is 1. The van der Waals surface area contributed by atoms with Gasteiger partial charge in [-0.15, -0.1) is 0 Å². The molecule has 0 spiro atoms. The third-order valence-electron chi connectivity index (χ3n) is 3.49. The number of pyridine rings is 1. The summed E-state index contributed by atoms with van der Waals surface area (Å²) in [5, 5.41) is 9.85. The second kappa shape index (κ2) is 5.89. The lowest BCUT2D eigenvalue weighted by molar-refractivity contribution is 0.0344. The fourth-order valence-corrected chi connectivity index (χ4v) is 2.65. The highest BCUT2D eigenvalue weighted by atomic mass is 16.3.